The van der Waals surface area contributed by atoms with E-state index in [4.69, 9.17) is 0 Å². The summed E-state index contributed by atoms with van der Waals surface area (Å²) in [5.41, 5.74) is -0.323. The van der Waals surface area contributed by atoms with Gasteiger partial charge in [0.25, 0.3) is 5.92 Å². The van der Waals surface area contributed by atoms with E-state index in [1.807, 2.05) is 20.8 Å². The molecule has 1 fully saturated rings. The minimum Gasteiger partial charge on any atom is -0.354 e. The molecule has 0 aliphatic carbocycles. The quantitative estimate of drug-likeness (QED) is 0.697. The van der Waals surface area contributed by atoms with Gasteiger partial charge in [0.2, 0.25) is 11.8 Å². The Balaban J connectivity index is 2.23. The molecular weight excluding hydrogens is 256 g/mol. The van der Waals surface area contributed by atoms with Crippen LogP contribution in [0.1, 0.15) is 33.6 Å². The summed E-state index contributed by atoms with van der Waals surface area (Å²) in [5, 5.41) is 7.69. The molecule has 0 saturated carbocycles. The van der Waals surface area contributed by atoms with Crippen LogP contribution in [-0.4, -0.2) is 42.4 Å². The normalized spacial score (nSPS) is 22.1. The molecule has 19 heavy (non-hydrogen) atoms. The molecule has 1 aliphatic heterocycles. The van der Waals surface area contributed by atoms with Crippen molar-refractivity contribution in [2.45, 2.75) is 51.1 Å². The Bertz CT molecular complexity index is 353. The van der Waals surface area contributed by atoms with E-state index in [1.54, 1.807) is 0 Å². The molecule has 1 atom stereocenters. The lowest BCUT2D eigenvalue weighted by Gasteiger charge is -2.20. The zero-order chi connectivity index (χ0) is 14.7. The van der Waals surface area contributed by atoms with Gasteiger partial charge < -0.3 is 10.6 Å². The third-order valence-corrected chi connectivity index (χ3v) is 2.59. The van der Waals surface area contributed by atoms with Crippen molar-refractivity contribution in [2.24, 2.45) is 0 Å². The smallest absolute Gasteiger partial charge is 0.262 e. The minimum absolute atomic E-state index is 0.131. The molecule has 1 rings (SSSR count). The monoisotopic (exact) mass is 277 g/mol. The summed E-state index contributed by atoms with van der Waals surface area (Å²) in [5.74, 6) is -3.50. The largest absolute Gasteiger partial charge is 0.354 e. The second-order valence-electron chi connectivity index (χ2n) is 5.83. The van der Waals surface area contributed by atoms with Crippen molar-refractivity contribution in [3.05, 3.63) is 0 Å². The molecule has 1 heterocycles. The van der Waals surface area contributed by atoms with E-state index in [-0.39, 0.29) is 24.4 Å². The lowest BCUT2D eigenvalue weighted by molar-refractivity contribution is -0.124. The van der Waals surface area contributed by atoms with Crippen LogP contribution in [-0.2, 0) is 9.59 Å². The van der Waals surface area contributed by atoms with Gasteiger partial charge in [-0.3, -0.25) is 14.9 Å². The molecule has 0 aromatic heterocycles. The van der Waals surface area contributed by atoms with Gasteiger partial charge >= 0.3 is 0 Å². The molecule has 1 aliphatic rings. The first-order valence-corrected chi connectivity index (χ1v) is 6.29. The maximum atomic E-state index is 12.9. The van der Waals surface area contributed by atoms with Crippen LogP contribution < -0.4 is 16.0 Å². The predicted octanol–water partition coefficient (Wildman–Crippen LogP) is 0.405. The molecular formula is C12H21F2N3O2. The number of hydrogen-bond acceptors (Lipinski definition) is 3. The number of halogens is 2. The zero-order valence-corrected chi connectivity index (χ0v) is 11.5. The highest BCUT2D eigenvalue weighted by Crippen LogP contribution is 2.24. The average molecular weight is 277 g/mol. The Morgan fingerprint density at radius 2 is 2.00 bits per heavy atom. The van der Waals surface area contributed by atoms with E-state index >= 15 is 0 Å². The fourth-order valence-corrected chi connectivity index (χ4v) is 1.80. The first-order chi connectivity index (χ1) is 8.59. The van der Waals surface area contributed by atoms with Gasteiger partial charge in [0.1, 0.15) is 0 Å². The van der Waals surface area contributed by atoms with E-state index in [0.717, 1.165) is 0 Å². The molecule has 2 amide bonds. The van der Waals surface area contributed by atoms with Gasteiger partial charge in [0.05, 0.1) is 12.6 Å². The first-order valence-electron chi connectivity index (χ1n) is 6.29. The van der Waals surface area contributed by atoms with E-state index in [9.17, 15) is 18.4 Å². The van der Waals surface area contributed by atoms with Gasteiger partial charge in [-0.1, -0.05) is 0 Å². The number of carbonyl (C=O) groups excluding carboxylic acids is 2. The van der Waals surface area contributed by atoms with Crippen molar-refractivity contribution in [3.63, 3.8) is 0 Å². The van der Waals surface area contributed by atoms with Gasteiger partial charge in [0.15, 0.2) is 0 Å². The highest BCUT2D eigenvalue weighted by atomic mass is 19.3. The third kappa shape index (κ3) is 5.96. The SMILES string of the molecule is CC(C)(C)NC(=O)CCNC(=O)C1CC(F)(F)CN1. The van der Waals surface area contributed by atoms with Crippen molar-refractivity contribution in [1.82, 2.24) is 16.0 Å². The summed E-state index contributed by atoms with van der Waals surface area (Å²) in [6.07, 6.45) is -0.362. The summed E-state index contributed by atoms with van der Waals surface area (Å²) in [6, 6.07) is -0.874. The van der Waals surface area contributed by atoms with Crippen molar-refractivity contribution in [3.8, 4) is 0 Å². The van der Waals surface area contributed by atoms with Gasteiger partial charge in [-0.25, -0.2) is 8.78 Å². The molecule has 5 nitrogen and oxygen atoms in total. The highest BCUT2D eigenvalue weighted by Gasteiger charge is 2.42. The lowest BCUT2D eigenvalue weighted by Crippen LogP contribution is -2.44. The molecule has 110 valence electrons. The van der Waals surface area contributed by atoms with E-state index in [1.165, 1.54) is 0 Å². The summed E-state index contributed by atoms with van der Waals surface area (Å²) < 4.78 is 25.8. The summed E-state index contributed by atoms with van der Waals surface area (Å²) >= 11 is 0. The van der Waals surface area contributed by atoms with Crippen molar-refractivity contribution >= 4 is 11.8 Å². The second-order valence-corrected chi connectivity index (χ2v) is 5.83. The van der Waals surface area contributed by atoms with E-state index in [2.05, 4.69) is 16.0 Å². The van der Waals surface area contributed by atoms with Gasteiger partial charge in [-0.05, 0) is 20.8 Å². The van der Waals surface area contributed by atoms with E-state index < -0.39 is 30.8 Å². The molecule has 3 N–H and O–H groups in total. The topological polar surface area (TPSA) is 70.2 Å². The van der Waals surface area contributed by atoms with Crippen LogP contribution in [0.25, 0.3) is 0 Å². The van der Waals surface area contributed by atoms with E-state index in [0.29, 0.717) is 0 Å². The Morgan fingerprint density at radius 3 is 2.47 bits per heavy atom. The van der Waals surface area contributed by atoms with Gasteiger partial charge in [0, 0.05) is 24.9 Å². The molecule has 0 bridgehead atoms. The Morgan fingerprint density at radius 1 is 1.37 bits per heavy atom. The van der Waals surface area contributed by atoms with Crippen LogP contribution >= 0.6 is 0 Å². The third-order valence-electron chi connectivity index (χ3n) is 2.59. The van der Waals surface area contributed by atoms with Crippen molar-refractivity contribution in [1.29, 1.82) is 0 Å². The van der Waals surface area contributed by atoms with Crippen LogP contribution in [0.15, 0.2) is 0 Å². The summed E-state index contributed by atoms with van der Waals surface area (Å²) in [4.78, 5) is 23.0. The molecule has 0 spiro atoms. The van der Waals surface area contributed by atoms with Gasteiger partial charge in [-0.2, -0.15) is 0 Å². The summed E-state index contributed by atoms with van der Waals surface area (Å²) in [7, 11) is 0. The zero-order valence-electron chi connectivity index (χ0n) is 11.5. The average Bonchev–Trinajstić information content (AvgIpc) is 2.56. The van der Waals surface area contributed by atoms with Crippen LogP contribution in [0.5, 0.6) is 0 Å². The van der Waals surface area contributed by atoms with Crippen LogP contribution in [0.2, 0.25) is 0 Å². The second kappa shape index (κ2) is 5.81. The summed E-state index contributed by atoms with van der Waals surface area (Å²) in [6.45, 7) is 5.23. The number of amides is 2. The fourth-order valence-electron chi connectivity index (χ4n) is 1.80. The maximum absolute atomic E-state index is 12.9. The maximum Gasteiger partial charge on any atom is 0.262 e. The van der Waals surface area contributed by atoms with Crippen molar-refractivity contribution < 1.29 is 18.4 Å². The Kier molecular flexibility index (Phi) is 4.84. The van der Waals surface area contributed by atoms with Crippen LogP contribution in [0.3, 0.4) is 0 Å². The van der Waals surface area contributed by atoms with Crippen LogP contribution in [0, 0.1) is 0 Å². The molecule has 0 aromatic carbocycles. The molecule has 1 saturated heterocycles. The number of hydrogen-bond donors (Lipinski definition) is 3. The standard InChI is InChI=1S/C12H21F2N3O2/c1-11(2,3)17-9(18)4-5-15-10(19)8-6-12(13,14)7-16-8/h8,16H,4-7H2,1-3H3,(H,15,19)(H,17,18). The highest BCUT2D eigenvalue weighted by molar-refractivity contribution is 5.83. The van der Waals surface area contributed by atoms with Gasteiger partial charge in [-0.15, -0.1) is 0 Å². The minimum atomic E-state index is -2.83. The Labute approximate surface area is 111 Å². The molecule has 1 unspecified atom stereocenters. The number of carbonyl (C=O) groups is 2. The molecule has 0 radical (unpaired) electrons. The van der Waals surface area contributed by atoms with Crippen LogP contribution in [0.4, 0.5) is 8.78 Å². The number of alkyl halides is 2. The molecule has 0 aromatic rings. The lowest BCUT2D eigenvalue weighted by atomic mass is 10.1. The molecule has 7 heteroatoms. The number of rotatable bonds is 4. The van der Waals surface area contributed by atoms with Crippen molar-refractivity contribution in [2.75, 3.05) is 13.1 Å². The Hall–Kier alpha value is -1.24. The number of nitrogens with one attached hydrogen (secondary N) is 3. The fraction of sp³-hybridized carbons (Fsp3) is 0.833. The first kappa shape index (κ1) is 15.8. The predicted molar refractivity (Wildman–Crippen MR) is 66.9 cm³/mol.